The molecule has 1 saturated carbocycles. The Morgan fingerprint density at radius 1 is 1.15 bits per heavy atom. The van der Waals surface area contributed by atoms with E-state index in [2.05, 4.69) is 39.1 Å². The predicted octanol–water partition coefficient (Wildman–Crippen LogP) is 1.89. The lowest BCUT2D eigenvalue weighted by Gasteiger charge is -2.35. The number of nitrogens with one attached hydrogen (secondary N) is 1. The van der Waals surface area contributed by atoms with Gasteiger partial charge in [-0.2, -0.15) is 15.0 Å². The van der Waals surface area contributed by atoms with E-state index in [-0.39, 0.29) is 0 Å². The molecule has 0 aromatic carbocycles. The lowest BCUT2D eigenvalue weighted by atomic mass is 9.92. The maximum absolute atomic E-state index is 4.69. The van der Waals surface area contributed by atoms with E-state index in [0.29, 0.717) is 12.0 Å². The second-order valence-corrected chi connectivity index (χ2v) is 5.68. The first-order valence-electron chi connectivity index (χ1n) is 7.75. The Morgan fingerprint density at radius 3 is 2.50 bits per heavy atom. The van der Waals surface area contributed by atoms with Gasteiger partial charge in [0, 0.05) is 32.7 Å². The summed E-state index contributed by atoms with van der Waals surface area (Å²) < 4.78 is 0. The van der Waals surface area contributed by atoms with Gasteiger partial charge in [-0.3, -0.25) is 0 Å². The van der Waals surface area contributed by atoms with Gasteiger partial charge in [-0.25, -0.2) is 0 Å². The van der Waals surface area contributed by atoms with Gasteiger partial charge in [-0.1, -0.05) is 0 Å². The van der Waals surface area contributed by atoms with E-state index in [9.17, 15) is 0 Å². The van der Waals surface area contributed by atoms with Gasteiger partial charge >= 0.3 is 0 Å². The molecule has 2 aliphatic rings. The van der Waals surface area contributed by atoms with Crippen LogP contribution in [0.4, 0.5) is 17.8 Å². The molecular weight excluding hydrogens is 252 g/mol. The van der Waals surface area contributed by atoms with Gasteiger partial charge in [0.25, 0.3) is 0 Å². The van der Waals surface area contributed by atoms with Crippen molar-refractivity contribution < 1.29 is 0 Å². The van der Waals surface area contributed by atoms with Crippen LogP contribution in [0.2, 0.25) is 0 Å². The van der Waals surface area contributed by atoms with Crippen molar-refractivity contribution in [3.05, 3.63) is 0 Å². The standard InChI is InChI=1S/C14H24N6/c1-3-15-12-16-13(19(2)11-7-6-8-11)18-14(17-12)20-9-4-5-10-20/h11H,3-10H2,1-2H3,(H,15,16,17,18). The van der Waals surface area contributed by atoms with Crippen molar-refractivity contribution in [1.82, 2.24) is 15.0 Å². The summed E-state index contributed by atoms with van der Waals surface area (Å²) in [6, 6.07) is 0.596. The molecule has 0 spiro atoms. The van der Waals surface area contributed by atoms with E-state index in [4.69, 9.17) is 4.98 Å². The Labute approximate surface area is 120 Å². The highest BCUT2D eigenvalue weighted by Gasteiger charge is 2.25. The van der Waals surface area contributed by atoms with Crippen LogP contribution < -0.4 is 15.1 Å². The lowest BCUT2D eigenvalue weighted by Crippen LogP contribution is -2.38. The number of nitrogens with zero attached hydrogens (tertiary/aromatic N) is 5. The minimum absolute atomic E-state index is 0.596. The van der Waals surface area contributed by atoms with Crippen molar-refractivity contribution in [1.29, 1.82) is 0 Å². The molecule has 0 atom stereocenters. The quantitative estimate of drug-likeness (QED) is 0.886. The number of aromatic nitrogens is 3. The molecule has 2 heterocycles. The van der Waals surface area contributed by atoms with Crippen molar-refractivity contribution in [2.45, 2.75) is 45.1 Å². The Hall–Kier alpha value is -1.59. The van der Waals surface area contributed by atoms with Crippen LogP contribution in [0.25, 0.3) is 0 Å². The molecule has 0 bridgehead atoms. The molecule has 20 heavy (non-hydrogen) atoms. The molecule has 6 nitrogen and oxygen atoms in total. The maximum Gasteiger partial charge on any atom is 0.231 e. The van der Waals surface area contributed by atoms with Gasteiger partial charge in [-0.15, -0.1) is 0 Å². The van der Waals surface area contributed by atoms with Crippen molar-refractivity contribution in [2.75, 3.05) is 41.8 Å². The van der Waals surface area contributed by atoms with E-state index >= 15 is 0 Å². The second kappa shape index (κ2) is 5.81. The molecule has 1 N–H and O–H groups in total. The van der Waals surface area contributed by atoms with Crippen LogP contribution in [-0.2, 0) is 0 Å². The van der Waals surface area contributed by atoms with E-state index in [0.717, 1.165) is 31.5 Å². The Bertz CT molecular complexity index is 453. The summed E-state index contributed by atoms with van der Waals surface area (Å²) in [5, 5.41) is 3.23. The summed E-state index contributed by atoms with van der Waals surface area (Å²) in [5.74, 6) is 2.34. The van der Waals surface area contributed by atoms with Gasteiger partial charge in [0.2, 0.25) is 17.8 Å². The third-order valence-corrected chi connectivity index (χ3v) is 4.27. The number of rotatable bonds is 5. The first kappa shape index (κ1) is 13.4. The summed E-state index contributed by atoms with van der Waals surface area (Å²) >= 11 is 0. The molecular formula is C14H24N6. The monoisotopic (exact) mass is 276 g/mol. The fourth-order valence-corrected chi connectivity index (χ4v) is 2.74. The number of anilines is 3. The molecule has 1 saturated heterocycles. The van der Waals surface area contributed by atoms with Crippen molar-refractivity contribution in [3.63, 3.8) is 0 Å². The molecule has 6 heteroatoms. The zero-order valence-electron chi connectivity index (χ0n) is 12.5. The number of hydrogen-bond donors (Lipinski definition) is 1. The van der Waals surface area contributed by atoms with Gasteiger partial charge in [-0.05, 0) is 39.0 Å². The molecule has 1 aliphatic heterocycles. The first-order valence-corrected chi connectivity index (χ1v) is 7.75. The fraction of sp³-hybridized carbons (Fsp3) is 0.786. The first-order chi connectivity index (χ1) is 9.78. The Balaban J connectivity index is 1.86. The van der Waals surface area contributed by atoms with Crippen LogP contribution in [0.3, 0.4) is 0 Å². The maximum atomic E-state index is 4.69. The molecule has 1 aromatic rings. The van der Waals surface area contributed by atoms with Gasteiger partial charge in [0.15, 0.2) is 0 Å². The van der Waals surface area contributed by atoms with Crippen LogP contribution in [0.15, 0.2) is 0 Å². The normalized spacial score (nSPS) is 19.0. The SMILES string of the molecule is CCNc1nc(N2CCCC2)nc(N(C)C2CCC2)n1. The molecule has 2 fully saturated rings. The van der Waals surface area contributed by atoms with Crippen molar-refractivity contribution >= 4 is 17.8 Å². The zero-order chi connectivity index (χ0) is 13.9. The highest BCUT2D eigenvalue weighted by Crippen LogP contribution is 2.28. The average Bonchev–Trinajstić information content (AvgIpc) is 2.90. The van der Waals surface area contributed by atoms with E-state index in [1.807, 2.05) is 0 Å². The average molecular weight is 276 g/mol. The molecule has 1 aromatic heterocycles. The van der Waals surface area contributed by atoms with Crippen LogP contribution >= 0.6 is 0 Å². The molecule has 0 unspecified atom stereocenters. The van der Waals surface area contributed by atoms with Crippen LogP contribution in [0, 0.1) is 0 Å². The third kappa shape index (κ3) is 2.64. The van der Waals surface area contributed by atoms with Gasteiger partial charge in [0.1, 0.15) is 0 Å². The summed E-state index contributed by atoms with van der Waals surface area (Å²) in [5.41, 5.74) is 0. The summed E-state index contributed by atoms with van der Waals surface area (Å²) in [6.45, 7) is 5.01. The predicted molar refractivity (Wildman–Crippen MR) is 81.5 cm³/mol. The highest BCUT2D eigenvalue weighted by molar-refractivity contribution is 5.46. The Morgan fingerprint density at radius 2 is 1.90 bits per heavy atom. The van der Waals surface area contributed by atoms with E-state index in [1.165, 1.54) is 32.1 Å². The second-order valence-electron chi connectivity index (χ2n) is 5.68. The summed E-state index contributed by atoms with van der Waals surface area (Å²) in [4.78, 5) is 18.3. The highest BCUT2D eigenvalue weighted by atomic mass is 15.4. The smallest absolute Gasteiger partial charge is 0.231 e. The largest absolute Gasteiger partial charge is 0.354 e. The van der Waals surface area contributed by atoms with Crippen molar-refractivity contribution in [2.24, 2.45) is 0 Å². The van der Waals surface area contributed by atoms with Crippen LogP contribution in [0.1, 0.15) is 39.0 Å². The van der Waals surface area contributed by atoms with E-state index < -0.39 is 0 Å². The van der Waals surface area contributed by atoms with Crippen molar-refractivity contribution in [3.8, 4) is 0 Å². The fourth-order valence-electron chi connectivity index (χ4n) is 2.74. The molecule has 110 valence electrons. The minimum atomic E-state index is 0.596. The summed E-state index contributed by atoms with van der Waals surface area (Å²) in [7, 11) is 2.10. The minimum Gasteiger partial charge on any atom is -0.354 e. The van der Waals surface area contributed by atoms with E-state index in [1.54, 1.807) is 0 Å². The third-order valence-electron chi connectivity index (χ3n) is 4.27. The zero-order valence-corrected chi connectivity index (χ0v) is 12.5. The lowest BCUT2D eigenvalue weighted by molar-refractivity contribution is 0.397. The Kier molecular flexibility index (Phi) is 3.89. The molecule has 0 radical (unpaired) electrons. The van der Waals surface area contributed by atoms with Gasteiger partial charge in [0.05, 0.1) is 0 Å². The molecule has 0 amide bonds. The molecule has 1 aliphatic carbocycles. The summed E-state index contributed by atoms with van der Waals surface area (Å²) in [6.07, 6.45) is 6.28. The topological polar surface area (TPSA) is 57.2 Å². The van der Waals surface area contributed by atoms with Gasteiger partial charge < -0.3 is 15.1 Å². The number of hydrogen-bond acceptors (Lipinski definition) is 6. The molecule has 3 rings (SSSR count). The van der Waals surface area contributed by atoms with Crippen LogP contribution in [0.5, 0.6) is 0 Å². The van der Waals surface area contributed by atoms with Crippen LogP contribution in [-0.4, -0.2) is 47.7 Å².